The van der Waals surface area contributed by atoms with Gasteiger partial charge in [0.25, 0.3) is 0 Å². The van der Waals surface area contributed by atoms with Crippen LogP contribution >= 0.6 is 0 Å². The molecule has 0 aromatic heterocycles. The molecule has 0 spiro atoms. The van der Waals surface area contributed by atoms with Gasteiger partial charge in [-0.15, -0.1) is 0 Å². The number of benzene rings is 1. The van der Waals surface area contributed by atoms with Gasteiger partial charge >= 0.3 is 0 Å². The lowest BCUT2D eigenvalue weighted by molar-refractivity contribution is 0.0427. The quantitative estimate of drug-likeness (QED) is 0.681. The molecule has 0 saturated heterocycles. The van der Waals surface area contributed by atoms with Crippen molar-refractivity contribution in [2.24, 2.45) is 0 Å². The van der Waals surface area contributed by atoms with E-state index in [1.54, 1.807) is 0 Å². The van der Waals surface area contributed by atoms with Crippen molar-refractivity contribution in [1.82, 2.24) is 5.48 Å². The van der Waals surface area contributed by atoms with Crippen LogP contribution < -0.4 is 5.48 Å². The summed E-state index contributed by atoms with van der Waals surface area (Å²) in [6, 6.07) is 10.2. The van der Waals surface area contributed by atoms with Crippen LogP contribution in [0.3, 0.4) is 0 Å². The highest BCUT2D eigenvalue weighted by molar-refractivity contribution is 5.26. The Balaban J connectivity index is 2.27. The molecule has 0 fully saturated rings. The first-order valence-electron chi connectivity index (χ1n) is 4.01. The number of hydrogen-bond donors (Lipinski definition) is 1. The molecule has 0 amide bonds. The molecule has 1 aromatic carbocycles. The highest BCUT2D eigenvalue weighted by Gasteiger charge is 2.17. The third-order valence-corrected chi connectivity index (χ3v) is 1.99. The molecule has 1 N–H and O–H groups in total. The van der Waals surface area contributed by atoms with E-state index in [4.69, 9.17) is 4.84 Å². The zero-order chi connectivity index (χ0) is 8.39. The van der Waals surface area contributed by atoms with E-state index in [-0.39, 0.29) is 6.10 Å². The molecular formula is C10H11NO. The minimum absolute atomic E-state index is 0.0891. The topological polar surface area (TPSA) is 21.3 Å². The zero-order valence-electron chi connectivity index (χ0n) is 6.95. The maximum absolute atomic E-state index is 5.31. The fourth-order valence-electron chi connectivity index (χ4n) is 1.32. The Morgan fingerprint density at radius 3 is 2.58 bits per heavy atom. The first-order valence-corrected chi connectivity index (χ1v) is 4.01. The fourth-order valence-corrected chi connectivity index (χ4v) is 1.32. The van der Waals surface area contributed by atoms with E-state index in [1.807, 2.05) is 24.4 Å². The van der Waals surface area contributed by atoms with Gasteiger partial charge in [-0.25, -0.2) is 0 Å². The number of rotatable bonds is 1. The van der Waals surface area contributed by atoms with Crippen LogP contribution in [0.2, 0.25) is 0 Å². The van der Waals surface area contributed by atoms with E-state index < -0.39 is 0 Å². The van der Waals surface area contributed by atoms with Gasteiger partial charge in [-0.3, -0.25) is 10.3 Å². The molecule has 0 bridgehead atoms. The Labute approximate surface area is 71.8 Å². The van der Waals surface area contributed by atoms with Crippen LogP contribution in [-0.4, -0.2) is 0 Å². The molecular weight excluding hydrogens is 150 g/mol. The highest BCUT2D eigenvalue weighted by atomic mass is 16.7. The van der Waals surface area contributed by atoms with Gasteiger partial charge in [0.2, 0.25) is 0 Å². The lowest BCUT2D eigenvalue weighted by atomic mass is 10.0. The standard InChI is InChI=1S/C10H11NO/c1-8-7-11-12-10(8)9-5-3-2-4-6-9/h2-7,10-11H,1H3. The Morgan fingerprint density at radius 2 is 2.00 bits per heavy atom. The van der Waals surface area contributed by atoms with E-state index >= 15 is 0 Å². The second-order valence-electron chi connectivity index (χ2n) is 2.91. The molecule has 1 aliphatic heterocycles. The summed E-state index contributed by atoms with van der Waals surface area (Å²) < 4.78 is 0. The van der Waals surface area contributed by atoms with Crippen LogP contribution in [0.5, 0.6) is 0 Å². The summed E-state index contributed by atoms with van der Waals surface area (Å²) in [4.78, 5) is 5.31. The molecule has 2 rings (SSSR count). The number of nitrogens with one attached hydrogen (secondary N) is 1. The predicted molar refractivity (Wildman–Crippen MR) is 47.2 cm³/mol. The zero-order valence-corrected chi connectivity index (χ0v) is 6.95. The Hall–Kier alpha value is -1.28. The minimum Gasteiger partial charge on any atom is -0.273 e. The molecule has 1 heterocycles. The summed E-state index contributed by atoms with van der Waals surface area (Å²) >= 11 is 0. The van der Waals surface area contributed by atoms with Crippen molar-refractivity contribution in [2.75, 3.05) is 0 Å². The SMILES string of the molecule is CC1=CNOC1c1ccccc1. The Morgan fingerprint density at radius 1 is 1.25 bits per heavy atom. The van der Waals surface area contributed by atoms with Crippen LogP contribution in [0.1, 0.15) is 18.6 Å². The van der Waals surface area contributed by atoms with E-state index in [1.165, 1.54) is 11.1 Å². The second-order valence-corrected chi connectivity index (χ2v) is 2.91. The predicted octanol–water partition coefficient (Wildman–Crippen LogP) is 2.17. The molecule has 1 unspecified atom stereocenters. The molecule has 1 aromatic rings. The van der Waals surface area contributed by atoms with Crippen LogP contribution in [0.15, 0.2) is 42.1 Å². The molecule has 0 saturated carbocycles. The lowest BCUT2D eigenvalue weighted by Gasteiger charge is -2.09. The largest absolute Gasteiger partial charge is 0.273 e. The summed E-state index contributed by atoms with van der Waals surface area (Å²) in [7, 11) is 0. The van der Waals surface area contributed by atoms with Crippen molar-refractivity contribution in [3.05, 3.63) is 47.7 Å². The highest BCUT2D eigenvalue weighted by Crippen LogP contribution is 2.26. The first kappa shape index (κ1) is 7.37. The summed E-state index contributed by atoms with van der Waals surface area (Å²) in [6.07, 6.45) is 1.98. The molecule has 12 heavy (non-hydrogen) atoms. The van der Waals surface area contributed by atoms with E-state index in [0.29, 0.717) is 0 Å². The Kier molecular flexibility index (Phi) is 1.84. The van der Waals surface area contributed by atoms with Crippen molar-refractivity contribution < 1.29 is 4.84 Å². The van der Waals surface area contributed by atoms with E-state index in [9.17, 15) is 0 Å². The monoisotopic (exact) mass is 161 g/mol. The third-order valence-electron chi connectivity index (χ3n) is 1.99. The molecule has 1 aliphatic rings. The number of hydrogen-bond acceptors (Lipinski definition) is 2. The summed E-state index contributed by atoms with van der Waals surface area (Å²) in [5, 5.41) is 0. The maximum Gasteiger partial charge on any atom is 0.133 e. The molecule has 62 valence electrons. The summed E-state index contributed by atoms with van der Waals surface area (Å²) in [5.74, 6) is 0. The van der Waals surface area contributed by atoms with Gasteiger partial charge < -0.3 is 0 Å². The van der Waals surface area contributed by atoms with Crippen LogP contribution in [0.4, 0.5) is 0 Å². The van der Waals surface area contributed by atoms with Crippen molar-refractivity contribution in [3.63, 3.8) is 0 Å². The van der Waals surface area contributed by atoms with Gasteiger partial charge in [0, 0.05) is 6.20 Å². The molecule has 0 aliphatic carbocycles. The van der Waals surface area contributed by atoms with Gasteiger partial charge in [-0.1, -0.05) is 30.3 Å². The van der Waals surface area contributed by atoms with Crippen molar-refractivity contribution in [2.45, 2.75) is 13.0 Å². The van der Waals surface area contributed by atoms with Gasteiger partial charge in [-0.2, -0.15) is 0 Å². The number of hydroxylamine groups is 1. The molecule has 0 radical (unpaired) electrons. The molecule has 2 heteroatoms. The van der Waals surface area contributed by atoms with E-state index in [2.05, 4.69) is 24.5 Å². The minimum atomic E-state index is 0.0891. The first-order chi connectivity index (χ1) is 5.88. The van der Waals surface area contributed by atoms with Gasteiger partial charge in [0.15, 0.2) is 0 Å². The average molecular weight is 161 g/mol. The van der Waals surface area contributed by atoms with Crippen molar-refractivity contribution in [1.29, 1.82) is 0 Å². The normalized spacial score (nSPS) is 21.8. The summed E-state index contributed by atoms with van der Waals surface area (Å²) in [5.41, 5.74) is 5.16. The van der Waals surface area contributed by atoms with E-state index in [0.717, 1.165) is 0 Å². The molecule has 2 nitrogen and oxygen atoms in total. The average Bonchev–Trinajstić information content (AvgIpc) is 2.53. The van der Waals surface area contributed by atoms with Crippen LogP contribution in [0.25, 0.3) is 0 Å². The van der Waals surface area contributed by atoms with Gasteiger partial charge in [0.05, 0.1) is 0 Å². The Bertz CT molecular complexity index is 292. The summed E-state index contributed by atoms with van der Waals surface area (Å²) in [6.45, 7) is 2.05. The maximum atomic E-state index is 5.31. The second kappa shape index (κ2) is 2.99. The molecule has 1 atom stereocenters. The van der Waals surface area contributed by atoms with Gasteiger partial charge in [-0.05, 0) is 18.1 Å². The fraction of sp³-hybridized carbons (Fsp3) is 0.200. The van der Waals surface area contributed by atoms with Gasteiger partial charge in [0.1, 0.15) is 6.10 Å². The van der Waals surface area contributed by atoms with Crippen molar-refractivity contribution in [3.8, 4) is 0 Å². The van der Waals surface area contributed by atoms with Crippen LogP contribution in [-0.2, 0) is 4.84 Å². The lowest BCUT2D eigenvalue weighted by Crippen LogP contribution is -2.04. The smallest absolute Gasteiger partial charge is 0.133 e. The van der Waals surface area contributed by atoms with Crippen LogP contribution in [0, 0.1) is 0 Å². The third kappa shape index (κ3) is 1.21. The van der Waals surface area contributed by atoms with Crippen molar-refractivity contribution >= 4 is 0 Å².